The maximum Gasteiger partial charge on any atom is 0.232 e. The minimum Gasteiger partial charge on any atom is -0.495 e. The molecule has 1 aromatic carbocycles. The smallest absolute Gasteiger partial charge is 0.232 e. The van der Waals surface area contributed by atoms with E-state index in [1.807, 2.05) is 23.1 Å². The predicted octanol–water partition coefficient (Wildman–Crippen LogP) is 0.970. The van der Waals surface area contributed by atoms with Crippen molar-refractivity contribution in [2.24, 2.45) is 5.41 Å². The summed E-state index contributed by atoms with van der Waals surface area (Å²) in [7, 11) is 3.37. The van der Waals surface area contributed by atoms with Crippen LogP contribution in [-0.4, -0.2) is 70.9 Å². The van der Waals surface area contributed by atoms with Gasteiger partial charge in [-0.15, -0.1) is 0 Å². The molecular weight excluding hydrogens is 306 g/mol. The Bertz CT molecular complexity index is 564. The molecule has 2 saturated heterocycles. The molecule has 0 saturated carbocycles. The molecule has 0 aromatic heterocycles. The number of nitrogens with one attached hydrogen (secondary N) is 1. The molecule has 2 aliphatic rings. The van der Waals surface area contributed by atoms with Crippen LogP contribution in [0.5, 0.6) is 5.75 Å². The Morgan fingerprint density at radius 2 is 1.96 bits per heavy atom. The molecule has 6 nitrogen and oxygen atoms in total. The summed E-state index contributed by atoms with van der Waals surface area (Å²) in [5.74, 6) is 1.11. The molecule has 1 unspecified atom stereocenters. The quantitative estimate of drug-likeness (QED) is 0.870. The molecule has 1 atom stereocenters. The van der Waals surface area contributed by atoms with Gasteiger partial charge >= 0.3 is 0 Å². The largest absolute Gasteiger partial charge is 0.495 e. The summed E-state index contributed by atoms with van der Waals surface area (Å²) in [6.45, 7) is 5.21. The fourth-order valence-corrected chi connectivity index (χ4v) is 3.76. The van der Waals surface area contributed by atoms with E-state index < -0.39 is 0 Å². The summed E-state index contributed by atoms with van der Waals surface area (Å²) < 4.78 is 10.8. The maximum absolute atomic E-state index is 13.0. The number of methoxy groups -OCH3 is 2. The van der Waals surface area contributed by atoms with Crippen LogP contribution in [0.4, 0.5) is 5.69 Å². The van der Waals surface area contributed by atoms with Gasteiger partial charge in [-0.3, -0.25) is 4.79 Å². The molecule has 0 spiro atoms. The summed E-state index contributed by atoms with van der Waals surface area (Å²) in [5, 5.41) is 3.31. The van der Waals surface area contributed by atoms with E-state index in [1.54, 1.807) is 14.2 Å². The number of hydrogen-bond acceptors (Lipinski definition) is 5. The lowest BCUT2D eigenvalue weighted by atomic mass is 9.86. The first-order chi connectivity index (χ1) is 11.7. The van der Waals surface area contributed by atoms with Crippen LogP contribution in [0.3, 0.4) is 0 Å². The molecular formula is C18H27N3O3. The highest BCUT2D eigenvalue weighted by Gasteiger charge is 2.44. The summed E-state index contributed by atoms with van der Waals surface area (Å²) in [5.41, 5.74) is 0.711. The van der Waals surface area contributed by atoms with Crippen LogP contribution in [0.2, 0.25) is 0 Å². The van der Waals surface area contributed by atoms with Gasteiger partial charge < -0.3 is 24.6 Å². The molecule has 1 N–H and O–H groups in total. The number of carbonyl (C=O) groups is 1. The van der Waals surface area contributed by atoms with Crippen molar-refractivity contribution in [2.75, 3.05) is 65.0 Å². The zero-order valence-electron chi connectivity index (χ0n) is 14.6. The number of amides is 1. The van der Waals surface area contributed by atoms with E-state index in [0.29, 0.717) is 13.2 Å². The first-order valence-corrected chi connectivity index (χ1v) is 8.57. The van der Waals surface area contributed by atoms with E-state index in [0.717, 1.165) is 50.6 Å². The number of para-hydroxylation sites is 2. The lowest BCUT2D eigenvalue weighted by Gasteiger charge is -2.40. The van der Waals surface area contributed by atoms with Gasteiger partial charge in [0, 0.05) is 39.8 Å². The lowest BCUT2D eigenvalue weighted by molar-refractivity contribution is -0.144. The highest BCUT2D eigenvalue weighted by Crippen LogP contribution is 2.31. The lowest BCUT2D eigenvalue weighted by Crippen LogP contribution is -2.55. The summed E-state index contributed by atoms with van der Waals surface area (Å²) in [6, 6.07) is 8.05. The number of carbonyl (C=O) groups excluding carboxylic acids is 1. The monoisotopic (exact) mass is 333 g/mol. The van der Waals surface area contributed by atoms with E-state index in [1.165, 1.54) is 0 Å². The maximum atomic E-state index is 13.0. The molecule has 0 bridgehead atoms. The van der Waals surface area contributed by atoms with Crippen LogP contribution in [0.1, 0.15) is 6.42 Å². The third kappa shape index (κ3) is 3.21. The van der Waals surface area contributed by atoms with Gasteiger partial charge in [-0.1, -0.05) is 12.1 Å². The Morgan fingerprint density at radius 3 is 2.58 bits per heavy atom. The van der Waals surface area contributed by atoms with Crippen LogP contribution >= 0.6 is 0 Å². The normalized spacial score (nSPS) is 24.2. The molecule has 132 valence electrons. The first kappa shape index (κ1) is 17.0. The Kier molecular flexibility index (Phi) is 5.26. The molecule has 6 heteroatoms. The number of piperazine rings is 1. The first-order valence-electron chi connectivity index (χ1n) is 8.57. The molecule has 0 aliphatic carbocycles. The third-order valence-corrected chi connectivity index (χ3v) is 5.11. The molecule has 2 aliphatic heterocycles. The number of rotatable bonds is 5. The minimum absolute atomic E-state index is 0.231. The van der Waals surface area contributed by atoms with E-state index in [9.17, 15) is 4.79 Å². The van der Waals surface area contributed by atoms with E-state index in [2.05, 4.69) is 16.3 Å². The zero-order valence-corrected chi connectivity index (χ0v) is 14.6. The SMILES string of the molecule is COCC1(C(=O)N2CCN(c3ccccc3OC)CC2)CCNC1. The number of ether oxygens (including phenoxy) is 2. The van der Waals surface area contributed by atoms with E-state index >= 15 is 0 Å². The predicted molar refractivity (Wildman–Crippen MR) is 93.6 cm³/mol. The molecule has 24 heavy (non-hydrogen) atoms. The topological polar surface area (TPSA) is 54.0 Å². The van der Waals surface area contributed by atoms with Crippen molar-refractivity contribution < 1.29 is 14.3 Å². The molecule has 3 rings (SSSR count). The third-order valence-electron chi connectivity index (χ3n) is 5.11. The summed E-state index contributed by atoms with van der Waals surface area (Å²) >= 11 is 0. The van der Waals surface area contributed by atoms with Crippen LogP contribution in [0, 0.1) is 5.41 Å². The van der Waals surface area contributed by atoms with E-state index in [4.69, 9.17) is 9.47 Å². The van der Waals surface area contributed by atoms with Gasteiger partial charge in [-0.25, -0.2) is 0 Å². The van der Waals surface area contributed by atoms with Gasteiger partial charge in [-0.2, -0.15) is 0 Å². The molecule has 1 amide bonds. The second-order valence-corrected chi connectivity index (χ2v) is 6.59. The van der Waals surface area contributed by atoms with Crippen molar-refractivity contribution in [3.8, 4) is 5.75 Å². The molecule has 2 heterocycles. The Morgan fingerprint density at radius 1 is 1.21 bits per heavy atom. The van der Waals surface area contributed by atoms with Crippen molar-refractivity contribution >= 4 is 11.6 Å². The second-order valence-electron chi connectivity index (χ2n) is 6.59. The van der Waals surface area contributed by atoms with Gasteiger partial charge in [0.2, 0.25) is 5.91 Å². The summed E-state index contributed by atoms with van der Waals surface area (Å²) in [4.78, 5) is 17.3. The van der Waals surface area contributed by atoms with Crippen molar-refractivity contribution in [1.29, 1.82) is 0 Å². The highest BCUT2D eigenvalue weighted by molar-refractivity contribution is 5.84. The molecule has 1 aromatic rings. The van der Waals surface area contributed by atoms with Gasteiger partial charge in [0.15, 0.2) is 0 Å². The highest BCUT2D eigenvalue weighted by atomic mass is 16.5. The van der Waals surface area contributed by atoms with E-state index in [-0.39, 0.29) is 11.3 Å². The Balaban J connectivity index is 1.65. The fourth-order valence-electron chi connectivity index (χ4n) is 3.76. The molecule has 2 fully saturated rings. The number of hydrogen-bond donors (Lipinski definition) is 1. The van der Waals surface area contributed by atoms with Crippen LogP contribution in [0.25, 0.3) is 0 Å². The van der Waals surface area contributed by atoms with Gasteiger partial charge in [0.05, 0.1) is 24.8 Å². The fraction of sp³-hybridized carbons (Fsp3) is 0.611. The van der Waals surface area contributed by atoms with Crippen molar-refractivity contribution in [3.05, 3.63) is 24.3 Å². The van der Waals surface area contributed by atoms with Crippen LogP contribution in [0.15, 0.2) is 24.3 Å². The number of benzene rings is 1. The molecule has 0 radical (unpaired) electrons. The average Bonchev–Trinajstić information content (AvgIpc) is 3.11. The Labute approximate surface area is 143 Å². The zero-order chi connectivity index (χ0) is 17.0. The van der Waals surface area contributed by atoms with Crippen LogP contribution < -0.4 is 15.0 Å². The number of anilines is 1. The van der Waals surface area contributed by atoms with Gasteiger partial charge in [0.25, 0.3) is 0 Å². The average molecular weight is 333 g/mol. The Hall–Kier alpha value is -1.79. The van der Waals surface area contributed by atoms with Crippen LogP contribution in [-0.2, 0) is 9.53 Å². The summed E-state index contributed by atoms with van der Waals surface area (Å²) in [6.07, 6.45) is 0.854. The van der Waals surface area contributed by atoms with Crippen molar-refractivity contribution in [1.82, 2.24) is 10.2 Å². The standard InChI is InChI=1S/C18H27N3O3/c1-23-14-18(7-8-19-13-18)17(22)21-11-9-20(10-12-21)15-5-3-4-6-16(15)24-2/h3-6,19H,7-14H2,1-2H3. The number of nitrogens with zero attached hydrogens (tertiary/aromatic N) is 2. The van der Waals surface area contributed by atoms with Crippen molar-refractivity contribution in [3.63, 3.8) is 0 Å². The van der Waals surface area contributed by atoms with Gasteiger partial charge in [-0.05, 0) is 25.1 Å². The van der Waals surface area contributed by atoms with Gasteiger partial charge in [0.1, 0.15) is 5.75 Å². The van der Waals surface area contributed by atoms with Crippen molar-refractivity contribution in [2.45, 2.75) is 6.42 Å². The minimum atomic E-state index is -0.388. The second kappa shape index (κ2) is 7.40.